The first-order valence-electron chi connectivity index (χ1n) is 6.56. The molecule has 1 aromatic carbocycles. The maximum atomic E-state index is 9.82. The van der Waals surface area contributed by atoms with Gasteiger partial charge in [-0.3, -0.25) is 0 Å². The number of hydrogen-bond acceptors (Lipinski definition) is 4. The summed E-state index contributed by atoms with van der Waals surface area (Å²) in [5, 5.41) is 21.9. The topological polar surface area (TPSA) is 61.7 Å². The molecule has 0 bridgehead atoms. The van der Waals surface area contributed by atoms with Crippen LogP contribution in [0.3, 0.4) is 0 Å². The van der Waals surface area contributed by atoms with Crippen molar-refractivity contribution in [3.63, 3.8) is 0 Å². The van der Waals surface area contributed by atoms with Crippen molar-refractivity contribution in [1.29, 1.82) is 0 Å². The molecule has 0 aromatic heterocycles. The first-order valence-corrected chi connectivity index (χ1v) is 7.35. The fourth-order valence-corrected chi connectivity index (χ4v) is 1.96. The Bertz CT molecular complexity index is 345. The van der Waals surface area contributed by atoms with E-state index in [0.717, 1.165) is 16.6 Å². The van der Waals surface area contributed by atoms with Crippen LogP contribution < -0.4 is 10.1 Å². The molecule has 108 valence electrons. The van der Waals surface area contributed by atoms with Crippen LogP contribution in [-0.2, 0) is 0 Å². The average molecular weight is 332 g/mol. The fourth-order valence-electron chi connectivity index (χ4n) is 1.69. The number of halogens is 1. The lowest BCUT2D eigenvalue weighted by Gasteiger charge is -2.19. The van der Waals surface area contributed by atoms with Crippen molar-refractivity contribution in [3.8, 4) is 5.75 Å². The Kier molecular flexibility index (Phi) is 8.05. The van der Waals surface area contributed by atoms with E-state index in [4.69, 9.17) is 9.84 Å². The van der Waals surface area contributed by atoms with Gasteiger partial charge in [0.1, 0.15) is 18.5 Å². The number of benzene rings is 1. The standard InChI is InChI=1S/C14H22BrNO3/c1-2-12(7-8-17)16-9-13(18)10-19-14-5-3-11(15)4-6-14/h3-6,12-13,16-18H,2,7-10H2,1H3. The van der Waals surface area contributed by atoms with Crippen molar-refractivity contribution in [3.05, 3.63) is 28.7 Å². The summed E-state index contributed by atoms with van der Waals surface area (Å²) in [4.78, 5) is 0. The summed E-state index contributed by atoms with van der Waals surface area (Å²) in [6.45, 7) is 2.94. The lowest BCUT2D eigenvalue weighted by molar-refractivity contribution is 0.102. The zero-order valence-corrected chi connectivity index (χ0v) is 12.8. The second kappa shape index (κ2) is 9.31. The molecular weight excluding hydrogens is 310 g/mol. The molecule has 1 aromatic rings. The molecule has 3 N–H and O–H groups in total. The minimum atomic E-state index is -0.559. The highest BCUT2D eigenvalue weighted by molar-refractivity contribution is 9.10. The number of nitrogens with one attached hydrogen (secondary N) is 1. The summed E-state index contributed by atoms with van der Waals surface area (Å²) in [6, 6.07) is 7.74. The lowest BCUT2D eigenvalue weighted by atomic mass is 10.1. The molecule has 2 atom stereocenters. The Morgan fingerprint density at radius 3 is 2.58 bits per heavy atom. The first-order chi connectivity index (χ1) is 9.15. The van der Waals surface area contributed by atoms with Crippen molar-refractivity contribution in [1.82, 2.24) is 5.32 Å². The molecule has 0 saturated heterocycles. The average Bonchev–Trinajstić information content (AvgIpc) is 2.42. The van der Waals surface area contributed by atoms with Gasteiger partial charge in [-0.2, -0.15) is 0 Å². The maximum absolute atomic E-state index is 9.82. The number of ether oxygens (including phenoxy) is 1. The number of aliphatic hydroxyl groups excluding tert-OH is 2. The van der Waals surface area contributed by atoms with Gasteiger partial charge in [-0.1, -0.05) is 22.9 Å². The summed E-state index contributed by atoms with van der Waals surface area (Å²) < 4.78 is 6.49. The van der Waals surface area contributed by atoms with Crippen LogP contribution in [-0.4, -0.2) is 42.1 Å². The predicted molar refractivity (Wildman–Crippen MR) is 79.4 cm³/mol. The molecule has 2 unspecified atom stereocenters. The zero-order chi connectivity index (χ0) is 14.1. The third kappa shape index (κ3) is 6.92. The van der Waals surface area contributed by atoms with Crippen molar-refractivity contribution >= 4 is 15.9 Å². The zero-order valence-electron chi connectivity index (χ0n) is 11.2. The molecule has 0 aliphatic rings. The largest absolute Gasteiger partial charge is 0.491 e. The van der Waals surface area contributed by atoms with Gasteiger partial charge < -0.3 is 20.3 Å². The van der Waals surface area contributed by atoms with E-state index in [1.807, 2.05) is 24.3 Å². The Labute approximate surface area is 122 Å². The minimum absolute atomic E-state index is 0.164. The smallest absolute Gasteiger partial charge is 0.119 e. The van der Waals surface area contributed by atoms with E-state index >= 15 is 0 Å². The SMILES string of the molecule is CCC(CCO)NCC(O)COc1ccc(Br)cc1. The van der Waals surface area contributed by atoms with Gasteiger partial charge in [0.2, 0.25) is 0 Å². The summed E-state index contributed by atoms with van der Waals surface area (Å²) >= 11 is 3.35. The summed E-state index contributed by atoms with van der Waals surface area (Å²) in [7, 11) is 0. The number of rotatable bonds is 9. The Morgan fingerprint density at radius 2 is 2.00 bits per heavy atom. The summed E-state index contributed by atoms with van der Waals surface area (Å²) in [5.41, 5.74) is 0. The Hall–Kier alpha value is -0.620. The minimum Gasteiger partial charge on any atom is -0.491 e. The van der Waals surface area contributed by atoms with Gasteiger partial charge in [-0.05, 0) is 37.1 Å². The quantitative estimate of drug-likeness (QED) is 0.647. The highest BCUT2D eigenvalue weighted by Gasteiger charge is 2.09. The predicted octanol–water partition coefficient (Wildman–Crippen LogP) is 1.94. The molecule has 0 amide bonds. The Morgan fingerprint density at radius 1 is 1.32 bits per heavy atom. The molecule has 0 aliphatic heterocycles. The monoisotopic (exact) mass is 331 g/mol. The molecule has 0 saturated carbocycles. The highest BCUT2D eigenvalue weighted by Crippen LogP contribution is 2.16. The normalized spacial score (nSPS) is 14.1. The molecule has 0 spiro atoms. The van der Waals surface area contributed by atoms with Gasteiger partial charge in [0.25, 0.3) is 0 Å². The van der Waals surface area contributed by atoms with Crippen LogP contribution in [0.25, 0.3) is 0 Å². The van der Waals surface area contributed by atoms with E-state index in [9.17, 15) is 5.11 Å². The van der Waals surface area contributed by atoms with Crippen molar-refractivity contribution in [2.75, 3.05) is 19.8 Å². The third-order valence-corrected chi connectivity index (χ3v) is 3.40. The highest BCUT2D eigenvalue weighted by atomic mass is 79.9. The van der Waals surface area contributed by atoms with Gasteiger partial charge in [-0.15, -0.1) is 0 Å². The summed E-state index contributed by atoms with van der Waals surface area (Å²) in [5.74, 6) is 0.740. The van der Waals surface area contributed by atoms with Crippen molar-refractivity contribution in [2.24, 2.45) is 0 Å². The van der Waals surface area contributed by atoms with Crippen molar-refractivity contribution in [2.45, 2.75) is 31.9 Å². The molecule has 1 rings (SSSR count). The Balaban J connectivity index is 2.23. The van der Waals surface area contributed by atoms with Gasteiger partial charge in [0.05, 0.1) is 0 Å². The molecule has 0 fully saturated rings. The fraction of sp³-hybridized carbons (Fsp3) is 0.571. The van der Waals surface area contributed by atoms with Crippen LogP contribution in [0.2, 0.25) is 0 Å². The first kappa shape index (κ1) is 16.4. The van der Waals surface area contributed by atoms with Crippen LogP contribution in [0.5, 0.6) is 5.75 Å². The van der Waals surface area contributed by atoms with Gasteiger partial charge in [0, 0.05) is 23.7 Å². The number of aliphatic hydroxyl groups is 2. The molecule has 0 radical (unpaired) electrons. The second-order valence-corrected chi connectivity index (χ2v) is 5.36. The van der Waals surface area contributed by atoms with Crippen molar-refractivity contribution < 1.29 is 14.9 Å². The molecule has 19 heavy (non-hydrogen) atoms. The second-order valence-electron chi connectivity index (χ2n) is 4.44. The van der Waals surface area contributed by atoms with E-state index in [-0.39, 0.29) is 19.3 Å². The van der Waals surface area contributed by atoms with Crippen LogP contribution in [0, 0.1) is 0 Å². The van der Waals surface area contributed by atoms with Gasteiger partial charge in [0.15, 0.2) is 0 Å². The van der Waals surface area contributed by atoms with Gasteiger partial charge >= 0.3 is 0 Å². The summed E-state index contributed by atoms with van der Waals surface area (Å²) in [6.07, 6.45) is 1.08. The maximum Gasteiger partial charge on any atom is 0.119 e. The molecule has 4 nitrogen and oxygen atoms in total. The van der Waals surface area contributed by atoms with E-state index in [1.54, 1.807) is 0 Å². The molecule has 0 aliphatic carbocycles. The van der Waals surface area contributed by atoms with E-state index in [1.165, 1.54) is 0 Å². The molecule has 0 heterocycles. The van der Waals surface area contributed by atoms with Gasteiger partial charge in [-0.25, -0.2) is 0 Å². The number of hydrogen-bond donors (Lipinski definition) is 3. The van der Waals surface area contributed by atoms with E-state index in [0.29, 0.717) is 13.0 Å². The van der Waals surface area contributed by atoms with E-state index in [2.05, 4.69) is 28.2 Å². The molecular formula is C14H22BrNO3. The third-order valence-electron chi connectivity index (χ3n) is 2.87. The van der Waals surface area contributed by atoms with Crippen LogP contribution in [0.1, 0.15) is 19.8 Å². The lowest BCUT2D eigenvalue weighted by Crippen LogP contribution is -2.38. The van der Waals surface area contributed by atoms with Crippen LogP contribution in [0.4, 0.5) is 0 Å². The molecule has 5 heteroatoms. The van der Waals surface area contributed by atoms with Crippen LogP contribution in [0.15, 0.2) is 28.7 Å². The van der Waals surface area contributed by atoms with E-state index < -0.39 is 6.10 Å². The van der Waals surface area contributed by atoms with Crippen LogP contribution >= 0.6 is 15.9 Å².